The van der Waals surface area contributed by atoms with E-state index >= 15 is 0 Å². The van der Waals surface area contributed by atoms with Crippen molar-refractivity contribution < 1.29 is 21.7 Å². The van der Waals surface area contributed by atoms with E-state index in [9.17, 15) is 8.42 Å². The molecule has 0 bridgehead atoms. The zero-order chi connectivity index (χ0) is 15.1. The van der Waals surface area contributed by atoms with E-state index in [0.717, 1.165) is 0 Å². The molecule has 0 amide bonds. The molecule has 0 saturated carbocycles. The standard InChI is InChI=1S/C12H19IO5SSi/c1-16-20(17-2,18-11-13)10-6-9-19(14,15)12-7-4-3-5-8-12/h3-5,7-8H,6,9-11H2,1-2H3. The van der Waals surface area contributed by atoms with E-state index in [0.29, 0.717) is 22.0 Å². The van der Waals surface area contributed by atoms with Crippen LogP contribution >= 0.6 is 22.6 Å². The topological polar surface area (TPSA) is 61.8 Å². The lowest BCUT2D eigenvalue weighted by Crippen LogP contribution is -2.43. The summed E-state index contributed by atoms with van der Waals surface area (Å²) in [5.41, 5.74) is 0. The molecular formula is C12H19IO5SSi. The summed E-state index contributed by atoms with van der Waals surface area (Å²) in [6.07, 6.45) is 0.446. The van der Waals surface area contributed by atoms with Gasteiger partial charge in [-0.3, -0.25) is 0 Å². The molecule has 0 unspecified atom stereocenters. The molecule has 1 aromatic carbocycles. The number of halogens is 1. The van der Waals surface area contributed by atoms with Crippen molar-refractivity contribution in [2.45, 2.75) is 17.4 Å². The third kappa shape index (κ3) is 5.08. The van der Waals surface area contributed by atoms with Crippen LogP contribution in [0.25, 0.3) is 0 Å². The molecule has 1 rings (SSSR count). The first kappa shape index (κ1) is 18.0. The van der Waals surface area contributed by atoms with Crippen molar-refractivity contribution in [1.29, 1.82) is 0 Å². The highest BCUT2D eigenvalue weighted by atomic mass is 127. The summed E-state index contributed by atoms with van der Waals surface area (Å²) < 4.78 is 41.0. The maximum atomic E-state index is 12.1. The number of rotatable bonds is 9. The fraction of sp³-hybridized carbons (Fsp3) is 0.500. The summed E-state index contributed by atoms with van der Waals surface area (Å²) in [5, 5.41) is 0. The van der Waals surface area contributed by atoms with Crippen molar-refractivity contribution in [1.82, 2.24) is 0 Å². The minimum atomic E-state index is -3.26. The average Bonchev–Trinajstić information content (AvgIpc) is 2.47. The molecule has 0 saturated heterocycles. The molecule has 0 N–H and O–H groups in total. The van der Waals surface area contributed by atoms with Crippen LogP contribution in [0.15, 0.2) is 35.2 Å². The minimum absolute atomic E-state index is 0.0586. The van der Waals surface area contributed by atoms with Crippen LogP contribution in [0.3, 0.4) is 0 Å². The van der Waals surface area contributed by atoms with Gasteiger partial charge in [0.2, 0.25) is 0 Å². The van der Waals surface area contributed by atoms with Crippen LogP contribution in [-0.4, -0.2) is 41.8 Å². The number of benzene rings is 1. The summed E-state index contributed by atoms with van der Waals surface area (Å²) in [6, 6.07) is 8.92. The normalized spacial score (nSPS) is 12.6. The van der Waals surface area contributed by atoms with E-state index in [1.807, 2.05) is 0 Å². The van der Waals surface area contributed by atoms with Gasteiger partial charge < -0.3 is 13.3 Å². The van der Waals surface area contributed by atoms with Gasteiger partial charge in [-0.15, -0.1) is 0 Å². The van der Waals surface area contributed by atoms with Gasteiger partial charge in [-0.25, -0.2) is 8.42 Å². The molecule has 0 aliphatic heterocycles. The van der Waals surface area contributed by atoms with Crippen molar-refractivity contribution in [3.05, 3.63) is 30.3 Å². The van der Waals surface area contributed by atoms with Gasteiger partial charge >= 0.3 is 8.80 Å². The molecule has 0 atom stereocenters. The maximum Gasteiger partial charge on any atom is 0.501 e. The minimum Gasteiger partial charge on any atom is -0.377 e. The molecule has 20 heavy (non-hydrogen) atoms. The second-order valence-corrected chi connectivity index (χ2v) is 9.78. The lowest BCUT2D eigenvalue weighted by molar-refractivity contribution is 0.120. The Kier molecular flexibility index (Phi) is 7.62. The smallest absolute Gasteiger partial charge is 0.377 e. The van der Waals surface area contributed by atoms with Crippen molar-refractivity contribution in [2.75, 3.05) is 24.6 Å². The Hall–Kier alpha value is -0.00312. The first-order chi connectivity index (χ1) is 9.49. The Balaban J connectivity index is 2.63. The van der Waals surface area contributed by atoms with E-state index in [-0.39, 0.29) is 5.75 Å². The monoisotopic (exact) mass is 430 g/mol. The predicted octanol–water partition coefficient (Wildman–Crippen LogP) is 2.49. The van der Waals surface area contributed by atoms with Gasteiger partial charge in [0.05, 0.1) is 15.3 Å². The van der Waals surface area contributed by atoms with Crippen LogP contribution in [-0.2, 0) is 23.1 Å². The Morgan fingerprint density at radius 3 is 2.25 bits per heavy atom. The van der Waals surface area contributed by atoms with Gasteiger partial charge in [0.25, 0.3) is 0 Å². The summed E-state index contributed by atoms with van der Waals surface area (Å²) >= 11 is 2.07. The highest BCUT2D eigenvalue weighted by Gasteiger charge is 2.38. The Morgan fingerprint density at radius 2 is 1.75 bits per heavy atom. The number of hydrogen-bond acceptors (Lipinski definition) is 5. The molecule has 5 nitrogen and oxygen atoms in total. The number of sulfone groups is 1. The van der Waals surface area contributed by atoms with Gasteiger partial charge in [-0.05, 0) is 18.6 Å². The lowest BCUT2D eigenvalue weighted by Gasteiger charge is -2.25. The van der Waals surface area contributed by atoms with Crippen LogP contribution in [0.4, 0.5) is 0 Å². The second kappa shape index (κ2) is 8.44. The van der Waals surface area contributed by atoms with E-state index in [4.69, 9.17) is 13.3 Å². The highest BCUT2D eigenvalue weighted by molar-refractivity contribution is 14.1. The fourth-order valence-corrected chi connectivity index (χ4v) is 6.53. The summed E-state index contributed by atoms with van der Waals surface area (Å²) in [6.45, 7) is 0. The molecule has 0 radical (unpaired) electrons. The summed E-state index contributed by atoms with van der Waals surface area (Å²) in [5.74, 6) is 0.0586. The SMILES string of the molecule is CO[Si](CCCS(=O)(=O)c1ccccc1)(OC)OCI. The van der Waals surface area contributed by atoms with Crippen LogP contribution in [0.2, 0.25) is 6.04 Å². The molecule has 0 aliphatic carbocycles. The number of hydrogen-bond donors (Lipinski definition) is 0. The van der Waals surface area contributed by atoms with Gasteiger partial charge in [0, 0.05) is 20.3 Å². The fourth-order valence-electron chi connectivity index (χ4n) is 1.78. The Morgan fingerprint density at radius 1 is 1.15 bits per heavy atom. The average molecular weight is 430 g/mol. The van der Waals surface area contributed by atoms with E-state index in [1.54, 1.807) is 30.3 Å². The number of alkyl halides is 1. The first-order valence-corrected chi connectivity index (χ1v) is 11.2. The largest absolute Gasteiger partial charge is 0.501 e. The van der Waals surface area contributed by atoms with Crippen LogP contribution in [0.1, 0.15) is 6.42 Å². The third-order valence-corrected chi connectivity index (χ3v) is 8.40. The summed E-state index contributed by atoms with van der Waals surface area (Å²) in [4.78, 5) is 0.344. The van der Waals surface area contributed by atoms with Gasteiger partial charge in [-0.2, -0.15) is 0 Å². The predicted molar refractivity (Wildman–Crippen MR) is 87.7 cm³/mol. The Bertz CT molecular complexity index is 490. The van der Waals surface area contributed by atoms with Crippen molar-refractivity contribution in [2.24, 2.45) is 0 Å². The quantitative estimate of drug-likeness (QED) is 0.342. The van der Waals surface area contributed by atoms with E-state index in [1.165, 1.54) is 14.2 Å². The van der Waals surface area contributed by atoms with Crippen LogP contribution in [0.5, 0.6) is 0 Å². The van der Waals surface area contributed by atoms with E-state index in [2.05, 4.69) is 22.6 Å². The highest BCUT2D eigenvalue weighted by Crippen LogP contribution is 2.19. The van der Waals surface area contributed by atoms with E-state index < -0.39 is 18.6 Å². The zero-order valence-corrected chi connectivity index (χ0v) is 15.5. The van der Waals surface area contributed by atoms with Gasteiger partial charge in [0.1, 0.15) is 0 Å². The molecule has 0 aromatic heterocycles. The maximum absolute atomic E-state index is 12.1. The zero-order valence-electron chi connectivity index (χ0n) is 11.5. The lowest BCUT2D eigenvalue weighted by atomic mass is 10.4. The molecular weight excluding hydrogens is 411 g/mol. The molecule has 0 fully saturated rings. The van der Waals surface area contributed by atoms with Gasteiger partial charge in [-0.1, -0.05) is 40.8 Å². The van der Waals surface area contributed by atoms with Crippen molar-refractivity contribution in [3.63, 3.8) is 0 Å². The van der Waals surface area contributed by atoms with Crippen molar-refractivity contribution in [3.8, 4) is 0 Å². The molecule has 114 valence electrons. The third-order valence-electron chi connectivity index (χ3n) is 2.89. The van der Waals surface area contributed by atoms with Crippen LogP contribution in [0, 0.1) is 0 Å². The van der Waals surface area contributed by atoms with Gasteiger partial charge in [0.15, 0.2) is 9.84 Å². The molecule has 8 heteroatoms. The van der Waals surface area contributed by atoms with Crippen molar-refractivity contribution >= 4 is 41.2 Å². The molecule has 1 aromatic rings. The first-order valence-electron chi connectivity index (χ1n) is 6.08. The molecule has 0 heterocycles. The molecule has 0 aliphatic rings. The van der Waals surface area contributed by atoms with Crippen LogP contribution < -0.4 is 0 Å². The Labute approximate surface area is 135 Å². The second-order valence-electron chi connectivity index (χ2n) is 4.08. The molecule has 0 spiro atoms. The summed E-state index contributed by atoms with van der Waals surface area (Å²) in [7, 11) is -2.91.